The second-order valence-electron chi connectivity index (χ2n) is 8.60. The second kappa shape index (κ2) is 9.30. The fourth-order valence-electron chi connectivity index (χ4n) is 4.67. The van der Waals surface area contributed by atoms with Crippen LogP contribution in [-0.2, 0) is 16.0 Å². The number of piperidine rings is 1. The summed E-state index contributed by atoms with van der Waals surface area (Å²) >= 11 is 0. The molecule has 2 atom stereocenters. The Balaban J connectivity index is 1.61. The number of rotatable bonds is 6. The van der Waals surface area contributed by atoms with Crippen LogP contribution in [0.2, 0.25) is 0 Å². The molecule has 1 aromatic heterocycles. The van der Waals surface area contributed by atoms with E-state index in [4.69, 9.17) is 5.73 Å². The lowest BCUT2D eigenvalue weighted by Crippen LogP contribution is -2.54. The molecule has 0 saturated carbocycles. The summed E-state index contributed by atoms with van der Waals surface area (Å²) in [4.78, 5) is 36.2. The number of hydrogen-bond donors (Lipinski definition) is 1. The van der Waals surface area contributed by atoms with Gasteiger partial charge in [0, 0.05) is 31.0 Å². The average molecular weight is 429 g/mol. The van der Waals surface area contributed by atoms with Gasteiger partial charge in [-0.2, -0.15) is 0 Å². The van der Waals surface area contributed by atoms with Gasteiger partial charge in [0.1, 0.15) is 6.33 Å². The molecule has 1 aliphatic rings. The molecule has 3 aromatic rings. The summed E-state index contributed by atoms with van der Waals surface area (Å²) in [5.74, 6) is -0.596. The van der Waals surface area contributed by atoms with E-state index in [2.05, 4.69) is 9.97 Å². The van der Waals surface area contributed by atoms with Gasteiger partial charge in [-0.1, -0.05) is 54.6 Å². The molecule has 6 heteroatoms. The van der Waals surface area contributed by atoms with Gasteiger partial charge in [0.15, 0.2) is 0 Å². The van der Waals surface area contributed by atoms with E-state index in [-0.39, 0.29) is 17.7 Å². The predicted octanol–water partition coefficient (Wildman–Crippen LogP) is 3.58. The van der Waals surface area contributed by atoms with Gasteiger partial charge >= 0.3 is 0 Å². The first kappa shape index (κ1) is 21.7. The van der Waals surface area contributed by atoms with Crippen LogP contribution in [0.15, 0.2) is 73.3 Å². The highest BCUT2D eigenvalue weighted by atomic mass is 16.2. The first-order chi connectivity index (χ1) is 15.5. The van der Waals surface area contributed by atoms with E-state index in [1.54, 1.807) is 12.4 Å². The third kappa shape index (κ3) is 4.40. The van der Waals surface area contributed by atoms with Crippen LogP contribution in [0.5, 0.6) is 0 Å². The minimum atomic E-state index is -0.809. The molecule has 2 heterocycles. The number of aromatic nitrogens is 2. The van der Waals surface area contributed by atoms with E-state index >= 15 is 0 Å². The normalized spacial score (nSPS) is 19.3. The summed E-state index contributed by atoms with van der Waals surface area (Å²) < 4.78 is 0. The van der Waals surface area contributed by atoms with Gasteiger partial charge in [-0.25, -0.2) is 9.97 Å². The van der Waals surface area contributed by atoms with Crippen LogP contribution >= 0.6 is 0 Å². The Bertz CT molecular complexity index is 1090. The van der Waals surface area contributed by atoms with Gasteiger partial charge in [-0.05, 0) is 42.9 Å². The highest BCUT2D eigenvalue weighted by molar-refractivity contribution is 5.86. The average Bonchev–Trinajstić information content (AvgIpc) is 2.84. The summed E-state index contributed by atoms with van der Waals surface area (Å²) in [7, 11) is 0. The highest BCUT2D eigenvalue weighted by Crippen LogP contribution is 2.37. The van der Waals surface area contributed by atoms with Crippen molar-refractivity contribution >= 4 is 11.8 Å². The number of nitrogens with zero attached hydrogens (tertiary/aromatic N) is 3. The van der Waals surface area contributed by atoms with Crippen molar-refractivity contribution in [3.05, 3.63) is 84.4 Å². The molecule has 1 fully saturated rings. The van der Waals surface area contributed by atoms with Crippen LogP contribution in [0.4, 0.5) is 0 Å². The van der Waals surface area contributed by atoms with Crippen LogP contribution < -0.4 is 5.73 Å². The van der Waals surface area contributed by atoms with Crippen molar-refractivity contribution in [2.45, 2.75) is 32.1 Å². The molecular formula is C26H28N4O2. The Morgan fingerprint density at radius 3 is 2.47 bits per heavy atom. The molecular weight excluding hydrogens is 400 g/mol. The molecule has 4 rings (SSSR count). The molecule has 0 bridgehead atoms. The monoisotopic (exact) mass is 428 g/mol. The molecule has 1 saturated heterocycles. The zero-order valence-corrected chi connectivity index (χ0v) is 18.3. The van der Waals surface area contributed by atoms with E-state index in [0.717, 1.165) is 28.7 Å². The molecule has 0 aliphatic carbocycles. The summed E-state index contributed by atoms with van der Waals surface area (Å²) in [6, 6.07) is 17.7. The molecule has 32 heavy (non-hydrogen) atoms. The molecule has 2 amide bonds. The van der Waals surface area contributed by atoms with Crippen LogP contribution in [0, 0.1) is 5.41 Å². The summed E-state index contributed by atoms with van der Waals surface area (Å²) in [5.41, 5.74) is 9.03. The predicted molar refractivity (Wildman–Crippen MR) is 123 cm³/mol. The van der Waals surface area contributed by atoms with Crippen molar-refractivity contribution < 1.29 is 9.59 Å². The van der Waals surface area contributed by atoms with Crippen LogP contribution in [-0.4, -0.2) is 39.8 Å². The number of primary amides is 1. The number of amides is 2. The molecule has 164 valence electrons. The van der Waals surface area contributed by atoms with Gasteiger partial charge in [0.2, 0.25) is 11.8 Å². The van der Waals surface area contributed by atoms with Gasteiger partial charge in [-0.15, -0.1) is 0 Å². The minimum absolute atomic E-state index is 0.0336. The number of hydrogen-bond acceptors (Lipinski definition) is 4. The van der Waals surface area contributed by atoms with Gasteiger partial charge in [-0.3, -0.25) is 9.59 Å². The van der Waals surface area contributed by atoms with Crippen LogP contribution in [0.25, 0.3) is 11.1 Å². The number of carbonyl (C=O) groups is 2. The van der Waals surface area contributed by atoms with E-state index < -0.39 is 5.41 Å². The van der Waals surface area contributed by atoms with Gasteiger partial charge in [0.25, 0.3) is 0 Å². The summed E-state index contributed by atoms with van der Waals surface area (Å²) in [6.45, 7) is 2.89. The topological polar surface area (TPSA) is 89.2 Å². The number of carbonyl (C=O) groups excluding carboxylic acids is 2. The summed E-state index contributed by atoms with van der Waals surface area (Å²) in [5, 5.41) is 0. The zero-order valence-electron chi connectivity index (χ0n) is 18.3. The first-order valence-corrected chi connectivity index (χ1v) is 11.0. The maximum Gasteiger partial charge on any atom is 0.229 e. The Morgan fingerprint density at radius 2 is 1.75 bits per heavy atom. The molecule has 2 N–H and O–H groups in total. The second-order valence-corrected chi connectivity index (χ2v) is 8.60. The van der Waals surface area contributed by atoms with Gasteiger partial charge in [0.05, 0.1) is 11.3 Å². The van der Waals surface area contributed by atoms with E-state index in [1.807, 2.05) is 66.4 Å². The van der Waals surface area contributed by atoms with Crippen LogP contribution in [0.3, 0.4) is 0 Å². The molecule has 6 nitrogen and oxygen atoms in total. The fraction of sp³-hybridized carbons (Fsp3) is 0.308. The van der Waals surface area contributed by atoms with E-state index in [0.29, 0.717) is 25.9 Å². The smallest absolute Gasteiger partial charge is 0.229 e. The third-order valence-electron chi connectivity index (χ3n) is 6.50. The number of likely N-dealkylation sites (tertiary alicyclic amines) is 1. The lowest BCUT2D eigenvalue weighted by molar-refractivity contribution is -0.140. The molecule has 2 aromatic carbocycles. The van der Waals surface area contributed by atoms with Crippen molar-refractivity contribution in [2.75, 3.05) is 13.1 Å². The molecule has 0 unspecified atom stereocenters. The van der Waals surface area contributed by atoms with Crippen molar-refractivity contribution in [2.24, 2.45) is 11.1 Å². The third-order valence-corrected chi connectivity index (χ3v) is 6.50. The Hall–Kier alpha value is -3.54. The Morgan fingerprint density at radius 1 is 1.06 bits per heavy atom. The van der Waals surface area contributed by atoms with Crippen molar-refractivity contribution in [1.82, 2.24) is 14.9 Å². The van der Waals surface area contributed by atoms with Crippen molar-refractivity contribution in [1.29, 1.82) is 0 Å². The first-order valence-electron chi connectivity index (χ1n) is 11.0. The molecule has 0 spiro atoms. The molecule has 0 radical (unpaired) electrons. The van der Waals surface area contributed by atoms with E-state index in [9.17, 15) is 9.59 Å². The van der Waals surface area contributed by atoms with Crippen LogP contribution in [0.1, 0.15) is 36.8 Å². The van der Waals surface area contributed by atoms with Crippen molar-refractivity contribution in [3.63, 3.8) is 0 Å². The Kier molecular flexibility index (Phi) is 6.30. The molecule has 1 aliphatic heterocycles. The number of nitrogens with two attached hydrogens (primary N) is 1. The maximum atomic E-state index is 13.3. The quantitative estimate of drug-likeness (QED) is 0.650. The highest BCUT2D eigenvalue weighted by Gasteiger charge is 2.43. The van der Waals surface area contributed by atoms with E-state index in [1.165, 1.54) is 6.33 Å². The SMILES string of the molecule is C[C@H](C(=O)N1CCC[C@@](Cc2ccccc2-c2cncnc2)(C(N)=O)C1)c1ccccc1. The lowest BCUT2D eigenvalue weighted by Gasteiger charge is -2.42. The standard InChI is InChI=1S/C26H28N4O2/c1-19(20-8-3-2-4-9-20)24(31)30-13-7-12-26(17-30,25(27)32)14-21-10-5-6-11-23(21)22-15-28-18-29-16-22/h2-6,8-11,15-16,18-19H,7,12-14,17H2,1H3,(H2,27,32)/t19-,26-/m0/s1. The fourth-order valence-corrected chi connectivity index (χ4v) is 4.67. The zero-order chi connectivity index (χ0) is 22.6. The maximum absolute atomic E-state index is 13.3. The van der Waals surface area contributed by atoms with Crippen molar-refractivity contribution in [3.8, 4) is 11.1 Å². The summed E-state index contributed by atoms with van der Waals surface area (Å²) in [6.07, 6.45) is 6.90. The largest absolute Gasteiger partial charge is 0.369 e. The minimum Gasteiger partial charge on any atom is -0.369 e. The number of benzene rings is 2. The van der Waals surface area contributed by atoms with Gasteiger partial charge < -0.3 is 10.6 Å². The Labute approximate surface area is 188 Å². The lowest BCUT2D eigenvalue weighted by atomic mass is 9.73.